The topological polar surface area (TPSA) is 59.9 Å². The predicted molar refractivity (Wildman–Crippen MR) is 105 cm³/mol. The zero-order chi connectivity index (χ0) is 18.8. The lowest BCUT2D eigenvalue weighted by atomic mass is 10.1. The van der Waals surface area contributed by atoms with E-state index in [0.29, 0.717) is 6.54 Å². The van der Waals surface area contributed by atoms with Crippen LogP contribution in [0.2, 0.25) is 0 Å². The molecule has 1 N–H and O–H groups in total. The van der Waals surface area contributed by atoms with Crippen LogP contribution in [0.4, 0.5) is 5.82 Å². The predicted octanol–water partition coefficient (Wildman–Crippen LogP) is 2.02. The number of hydrogen-bond acceptors (Lipinski definition) is 5. The fourth-order valence-electron chi connectivity index (χ4n) is 3.96. The minimum atomic E-state index is 0.00498. The molecule has 1 unspecified atom stereocenters. The van der Waals surface area contributed by atoms with Crippen molar-refractivity contribution in [2.45, 2.75) is 25.9 Å². The van der Waals surface area contributed by atoms with E-state index in [0.717, 1.165) is 45.0 Å². The maximum absolute atomic E-state index is 12.9. The number of hydrogen-bond donors (Lipinski definition) is 1. The molecule has 0 spiro atoms. The minimum absolute atomic E-state index is 0.00498. The molecule has 2 aliphatic heterocycles. The van der Waals surface area contributed by atoms with E-state index in [1.54, 1.807) is 6.07 Å². The van der Waals surface area contributed by atoms with Crippen molar-refractivity contribution in [1.29, 1.82) is 0 Å². The van der Waals surface area contributed by atoms with Gasteiger partial charge in [0.1, 0.15) is 11.6 Å². The summed E-state index contributed by atoms with van der Waals surface area (Å²) in [6.45, 7) is 7.02. The number of benzene rings is 1. The summed E-state index contributed by atoms with van der Waals surface area (Å²) in [5, 5.41) is 9.38. The summed E-state index contributed by atoms with van der Waals surface area (Å²) in [5.74, 6) is 1.32. The summed E-state index contributed by atoms with van der Waals surface area (Å²) in [6.07, 6.45) is 2.38. The van der Waals surface area contributed by atoms with Gasteiger partial charge in [-0.15, -0.1) is 0 Å². The maximum atomic E-state index is 12.9. The maximum Gasteiger partial charge on any atom is 0.240 e. The highest BCUT2D eigenvalue weighted by Gasteiger charge is 2.37. The molecule has 0 saturated carbocycles. The van der Waals surface area contributed by atoms with E-state index in [1.165, 1.54) is 17.3 Å². The number of aryl methyl sites for hydroxylation is 1. The van der Waals surface area contributed by atoms with Crippen LogP contribution in [-0.2, 0) is 11.3 Å². The molecule has 142 valence electrons. The Bertz CT molecular complexity index is 783. The highest BCUT2D eigenvalue weighted by Crippen LogP contribution is 2.23. The number of aromatic hydroxyl groups is 1. The lowest BCUT2D eigenvalue weighted by Crippen LogP contribution is -2.52. The van der Waals surface area contributed by atoms with Gasteiger partial charge in [0.05, 0.1) is 12.2 Å². The Morgan fingerprint density at radius 2 is 1.78 bits per heavy atom. The molecule has 0 aliphatic carbocycles. The molecule has 4 rings (SSSR count). The molecule has 3 heterocycles. The zero-order valence-electron chi connectivity index (χ0n) is 15.7. The Labute approximate surface area is 160 Å². The van der Waals surface area contributed by atoms with E-state index in [9.17, 15) is 9.90 Å². The molecule has 2 fully saturated rings. The first-order valence-electron chi connectivity index (χ1n) is 9.58. The smallest absolute Gasteiger partial charge is 0.240 e. The van der Waals surface area contributed by atoms with E-state index in [-0.39, 0.29) is 17.7 Å². The van der Waals surface area contributed by atoms with Crippen LogP contribution < -0.4 is 4.90 Å². The van der Waals surface area contributed by atoms with Crippen LogP contribution in [0, 0.1) is 6.92 Å². The van der Waals surface area contributed by atoms with Crippen LogP contribution in [0.1, 0.15) is 17.5 Å². The van der Waals surface area contributed by atoms with Gasteiger partial charge in [-0.3, -0.25) is 9.69 Å². The molecular formula is C21H26N4O2. The van der Waals surface area contributed by atoms with Crippen LogP contribution in [0.3, 0.4) is 0 Å². The number of aromatic nitrogens is 1. The molecule has 2 aromatic rings. The van der Waals surface area contributed by atoms with Gasteiger partial charge in [0.25, 0.3) is 0 Å². The zero-order valence-corrected chi connectivity index (χ0v) is 15.7. The van der Waals surface area contributed by atoms with Crippen molar-refractivity contribution in [3.05, 3.63) is 53.7 Å². The van der Waals surface area contributed by atoms with Gasteiger partial charge >= 0.3 is 0 Å². The quantitative estimate of drug-likeness (QED) is 0.897. The highest BCUT2D eigenvalue weighted by molar-refractivity contribution is 5.84. The number of rotatable bonds is 4. The molecule has 1 aromatic carbocycles. The van der Waals surface area contributed by atoms with E-state index in [1.807, 2.05) is 11.0 Å². The van der Waals surface area contributed by atoms with Crippen LogP contribution in [0.5, 0.6) is 5.75 Å². The molecule has 2 saturated heterocycles. The molecule has 6 heteroatoms. The van der Waals surface area contributed by atoms with Crippen molar-refractivity contribution in [3.63, 3.8) is 0 Å². The van der Waals surface area contributed by atoms with Crippen molar-refractivity contribution in [3.8, 4) is 5.75 Å². The van der Waals surface area contributed by atoms with Crippen molar-refractivity contribution in [2.24, 2.45) is 0 Å². The molecule has 0 bridgehead atoms. The average molecular weight is 366 g/mol. The second kappa shape index (κ2) is 7.56. The van der Waals surface area contributed by atoms with Crippen molar-refractivity contribution >= 4 is 11.7 Å². The van der Waals surface area contributed by atoms with Gasteiger partial charge in [-0.25, -0.2) is 4.98 Å². The molecule has 6 nitrogen and oxygen atoms in total. The van der Waals surface area contributed by atoms with E-state index < -0.39 is 0 Å². The lowest BCUT2D eigenvalue weighted by molar-refractivity contribution is -0.132. The molecule has 1 atom stereocenters. The Morgan fingerprint density at radius 3 is 2.44 bits per heavy atom. The van der Waals surface area contributed by atoms with E-state index in [4.69, 9.17) is 0 Å². The Hall–Kier alpha value is -2.60. The Balaban J connectivity index is 1.33. The summed E-state index contributed by atoms with van der Waals surface area (Å²) in [5.41, 5.74) is 2.43. The van der Waals surface area contributed by atoms with Crippen LogP contribution >= 0.6 is 0 Å². The number of pyridine rings is 1. The highest BCUT2D eigenvalue weighted by atomic mass is 16.3. The SMILES string of the molecule is Cc1ccc(CN2CCC(N3CCN(c4ccc(O)cn4)CC3)C2=O)cc1. The largest absolute Gasteiger partial charge is 0.506 e. The van der Waals surface area contributed by atoms with Gasteiger partial charge in [-0.05, 0) is 31.0 Å². The Morgan fingerprint density at radius 1 is 1.04 bits per heavy atom. The van der Waals surface area contributed by atoms with Gasteiger partial charge in [-0.1, -0.05) is 29.8 Å². The molecular weight excluding hydrogens is 340 g/mol. The lowest BCUT2D eigenvalue weighted by Gasteiger charge is -2.37. The van der Waals surface area contributed by atoms with Gasteiger partial charge in [0.2, 0.25) is 5.91 Å². The molecule has 1 aromatic heterocycles. The van der Waals surface area contributed by atoms with Crippen molar-refractivity contribution in [1.82, 2.24) is 14.8 Å². The van der Waals surface area contributed by atoms with Crippen LogP contribution in [0.15, 0.2) is 42.6 Å². The molecule has 2 aliphatic rings. The van der Waals surface area contributed by atoms with Gasteiger partial charge < -0.3 is 14.9 Å². The average Bonchev–Trinajstić information content (AvgIpc) is 3.05. The first-order valence-corrected chi connectivity index (χ1v) is 9.58. The molecule has 1 amide bonds. The fourth-order valence-corrected chi connectivity index (χ4v) is 3.96. The number of carbonyl (C=O) groups is 1. The fraction of sp³-hybridized carbons (Fsp3) is 0.429. The van der Waals surface area contributed by atoms with E-state index >= 15 is 0 Å². The summed E-state index contributed by atoms with van der Waals surface area (Å²) < 4.78 is 0. The number of carbonyl (C=O) groups excluding carboxylic acids is 1. The van der Waals surface area contributed by atoms with Crippen LogP contribution in [-0.4, -0.2) is 64.6 Å². The van der Waals surface area contributed by atoms with Crippen molar-refractivity contribution in [2.75, 3.05) is 37.6 Å². The number of nitrogens with zero attached hydrogens (tertiary/aromatic N) is 4. The third-order valence-corrected chi connectivity index (χ3v) is 5.57. The number of amides is 1. The van der Waals surface area contributed by atoms with Gasteiger partial charge in [0, 0.05) is 39.3 Å². The van der Waals surface area contributed by atoms with Gasteiger partial charge in [-0.2, -0.15) is 0 Å². The second-order valence-corrected chi connectivity index (χ2v) is 7.45. The van der Waals surface area contributed by atoms with Gasteiger partial charge in [0.15, 0.2) is 0 Å². The summed E-state index contributed by atoms with van der Waals surface area (Å²) in [4.78, 5) is 23.7. The monoisotopic (exact) mass is 366 g/mol. The molecule has 0 radical (unpaired) electrons. The molecule has 27 heavy (non-hydrogen) atoms. The van der Waals surface area contributed by atoms with E-state index in [2.05, 4.69) is 46.0 Å². The third-order valence-electron chi connectivity index (χ3n) is 5.57. The summed E-state index contributed by atoms with van der Waals surface area (Å²) in [6, 6.07) is 11.9. The minimum Gasteiger partial charge on any atom is -0.506 e. The van der Waals surface area contributed by atoms with Crippen molar-refractivity contribution < 1.29 is 9.90 Å². The normalized spacial score (nSPS) is 21.1. The summed E-state index contributed by atoms with van der Waals surface area (Å²) in [7, 11) is 0. The number of likely N-dealkylation sites (tertiary alicyclic amines) is 1. The standard InChI is InChI=1S/C21H26N4O2/c1-16-2-4-17(5-3-16)15-25-9-8-19(21(25)27)23-10-12-24(13-11-23)20-7-6-18(26)14-22-20/h2-7,14,19,26H,8-13,15H2,1H3. The second-order valence-electron chi connectivity index (χ2n) is 7.45. The summed E-state index contributed by atoms with van der Waals surface area (Å²) >= 11 is 0. The Kier molecular flexibility index (Phi) is 4.99. The first-order chi connectivity index (χ1) is 13.1. The number of anilines is 1. The third kappa shape index (κ3) is 3.90. The number of piperazine rings is 1. The first kappa shape index (κ1) is 17.8. The van der Waals surface area contributed by atoms with Crippen LogP contribution in [0.25, 0.3) is 0 Å².